The van der Waals surface area contributed by atoms with E-state index >= 15 is 0 Å². The summed E-state index contributed by atoms with van der Waals surface area (Å²) in [4.78, 5) is 21.0. The molecule has 5 nitrogen and oxygen atoms in total. The van der Waals surface area contributed by atoms with Crippen molar-refractivity contribution in [3.05, 3.63) is 53.6 Å². The SMILES string of the molecule is NC1=NC2(CCc3c(cccc3-c3cncc(F)c3)C2=O)CO1. The standard InChI is InChI=1S/C17H14FN3O2/c18-11-6-10(7-20-8-11)12-2-1-3-14-13(12)4-5-17(15(14)22)9-23-16(19)21-17/h1-3,6-8H,4-5,9H2,(H2,19,21). The molecule has 1 aliphatic heterocycles. The van der Waals surface area contributed by atoms with Crippen LogP contribution in [0.15, 0.2) is 41.7 Å². The summed E-state index contributed by atoms with van der Waals surface area (Å²) in [7, 11) is 0. The third kappa shape index (κ3) is 2.10. The number of ketones is 1. The highest BCUT2D eigenvalue weighted by molar-refractivity contribution is 6.08. The van der Waals surface area contributed by atoms with Gasteiger partial charge in [-0.25, -0.2) is 9.38 Å². The minimum atomic E-state index is -0.907. The van der Waals surface area contributed by atoms with Gasteiger partial charge in [0.1, 0.15) is 12.4 Å². The number of aromatic nitrogens is 1. The Morgan fingerprint density at radius 3 is 2.83 bits per heavy atom. The van der Waals surface area contributed by atoms with Crippen molar-refractivity contribution in [2.45, 2.75) is 18.4 Å². The number of carbonyl (C=O) groups is 1. The van der Waals surface area contributed by atoms with E-state index in [9.17, 15) is 9.18 Å². The number of fused-ring (bicyclic) bond motifs is 1. The third-order valence-electron chi connectivity index (χ3n) is 4.43. The van der Waals surface area contributed by atoms with Crippen LogP contribution in [0.5, 0.6) is 0 Å². The van der Waals surface area contributed by atoms with Crippen LogP contribution in [0, 0.1) is 5.82 Å². The van der Waals surface area contributed by atoms with E-state index in [0.717, 1.165) is 17.3 Å². The fourth-order valence-electron chi connectivity index (χ4n) is 3.31. The van der Waals surface area contributed by atoms with Gasteiger partial charge in [0.05, 0.1) is 6.20 Å². The molecule has 116 valence electrons. The lowest BCUT2D eigenvalue weighted by Crippen LogP contribution is -2.42. The number of pyridine rings is 1. The van der Waals surface area contributed by atoms with Gasteiger partial charge in [-0.15, -0.1) is 0 Å². The average molecular weight is 311 g/mol. The van der Waals surface area contributed by atoms with E-state index in [1.54, 1.807) is 18.3 Å². The monoisotopic (exact) mass is 311 g/mol. The Hall–Kier alpha value is -2.76. The van der Waals surface area contributed by atoms with Crippen LogP contribution in [-0.4, -0.2) is 28.9 Å². The number of nitrogens with two attached hydrogens (primary N) is 1. The first-order valence-corrected chi connectivity index (χ1v) is 7.35. The second-order valence-corrected chi connectivity index (χ2v) is 5.82. The summed E-state index contributed by atoms with van der Waals surface area (Å²) in [5.74, 6) is -0.495. The van der Waals surface area contributed by atoms with Gasteiger partial charge in [-0.2, -0.15) is 0 Å². The highest BCUT2D eigenvalue weighted by atomic mass is 19.1. The zero-order chi connectivity index (χ0) is 16.0. The number of hydrogen-bond acceptors (Lipinski definition) is 5. The molecule has 2 heterocycles. The van der Waals surface area contributed by atoms with Crippen molar-refractivity contribution in [2.75, 3.05) is 6.61 Å². The predicted octanol–water partition coefficient (Wildman–Crippen LogP) is 2.10. The van der Waals surface area contributed by atoms with E-state index < -0.39 is 11.4 Å². The Balaban J connectivity index is 1.83. The molecule has 0 saturated heterocycles. The molecular weight excluding hydrogens is 297 g/mol. The first-order valence-electron chi connectivity index (χ1n) is 7.35. The van der Waals surface area contributed by atoms with Crippen molar-refractivity contribution in [1.82, 2.24) is 4.98 Å². The number of hydrogen-bond donors (Lipinski definition) is 1. The molecule has 1 aliphatic carbocycles. The van der Waals surface area contributed by atoms with Crippen molar-refractivity contribution in [3.63, 3.8) is 0 Å². The van der Waals surface area contributed by atoms with Crippen LogP contribution in [0.1, 0.15) is 22.3 Å². The van der Waals surface area contributed by atoms with E-state index in [4.69, 9.17) is 10.5 Å². The van der Waals surface area contributed by atoms with Crippen molar-refractivity contribution < 1.29 is 13.9 Å². The maximum Gasteiger partial charge on any atom is 0.283 e. The number of benzene rings is 1. The molecule has 1 atom stereocenters. The van der Waals surface area contributed by atoms with Gasteiger partial charge in [0.25, 0.3) is 6.02 Å². The van der Waals surface area contributed by atoms with E-state index in [-0.39, 0.29) is 18.4 Å². The number of rotatable bonds is 1. The topological polar surface area (TPSA) is 77.6 Å². The van der Waals surface area contributed by atoms with Crippen molar-refractivity contribution in [3.8, 4) is 11.1 Å². The second kappa shape index (κ2) is 4.87. The molecule has 1 unspecified atom stereocenters. The van der Waals surface area contributed by atoms with Gasteiger partial charge >= 0.3 is 0 Å². The van der Waals surface area contributed by atoms with Gasteiger partial charge in [0, 0.05) is 17.3 Å². The highest BCUT2D eigenvalue weighted by Gasteiger charge is 2.47. The number of ether oxygens (including phenoxy) is 1. The Bertz CT molecular complexity index is 849. The van der Waals surface area contributed by atoms with Gasteiger partial charge in [-0.05, 0) is 30.0 Å². The van der Waals surface area contributed by atoms with Crippen LogP contribution in [0.4, 0.5) is 4.39 Å². The average Bonchev–Trinajstić information content (AvgIpc) is 2.93. The smallest absolute Gasteiger partial charge is 0.283 e. The van der Waals surface area contributed by atoms with Gasteiger partial charge in [-0.3, -0.25) is 9.78 Å². The molecule has 4 rings (SSSR count). The molecule has 2 aromatic rings. The van der Waals surface area contributed by atoms with E-state index in [1.165, 1.54) is 6.07 Å². The molecule has 23 heavy (non-hydrogen) atoms. The molecule has 0 fully saturated rings. The summed E-state index contributed by atoms with van der Waals surface area (Å²) in [6.07, 6.45) is 3.93. The zero-order valence-electron chi connectivity index (χ0n) is 12.3. The fourth-order valence-corrected chi connectivity index (χ4v) is 3.31. The minimum absolute atomic E-state index is 0.0623. The molecule has 2 aliphatic rings. The van der Waals surface area contributed by atoms with Crippen molar-refractivity contribution >= 4 is 11.8 Å². The Morgan fingerprint density at radius 1 is 1.26 bits per heavy atom. The van der Waals surface area contributed by atoms with Crippen molar-refractivity contribution in [2.24, 2.45) is 10.7 Å². The third-order valence-corrected chi connectivity index (χ3v) is 4.43. The van der Waals surface area contributed by atoms with Crippen LogP contribution in [-0.2, 0) is 11.2 Å². The first kappa shape index (κ1) is 13.9. The van der Waals surface area contributed by atoms with Gasteiger partial charge in [0.2, 0.25) is 0 Å². The Kier molecular flexibility index (Phi) is 2.94. The zero-order valence-corrected chi connectivity index (χ0v) is 12.3. The maximum atomic E-state index is 13.5. The fraction of sp³-hybridized carbons (Fsp3) is 0.235. The number of halogens is 1. The molecule has 6 heteroatoms. The van der Waals surface area contributed by atoms with Crippen LogP contribution >= 0.6 is 0 Å². The molecule has 1 aromatic carbocycles. The Labute approximate surface area is 132 Å². The van der Waals surface area contributed by atoms with E-state index in [0.29, 0.717) is 24.0 Å². The van der Waals surface area contributed by atoms with Crippen LogP contribution in [0.3, 0.4) is 0 Å². The normalized spacial score (nSPS) is 22.7. The number of Topliss-reactive ketones (excluding diaryl/α,β-unsaturated/α-hetero) is 1. The lowest BCUT2D eigenvalue weighted by atomic mass is 9.75. The molecule has 0 saturated carbocycles. The molecule has 1 spiro atoms. The molecular formula is C17H14FN3O2. The van der Waals surface area contributed by atoms with Gasteiger partial charge in [-0.1, -0.05) is 18.2 Å². The van der Waals surface area contributed by atoms with Crippen LogP contribution in [0.2, 0.25) is 0 Å². The minimum Gasteiger partial charge on any atom is -0.462 e. The molecule has 1 aromatic heterocycles. The summed E-state index contributed by atoms with van der Waals surface area (Å²) in [6, 6.07) is 6.93. The van der Waals surface area contributed by atoms with Gasteiger partial charge in [0.15, 0.2) is 11.3 Å². The highest BCUT2D eigenvalue weighted by Crippen LogP contribution is 2.38. The first-order chi connectivity index (χ1) is 11.1. The number of aliphatic imine (C=N–C) groups is 1. The summed E-state index contributed by atoms with van der Waals surface area (Å²) < 4.78 is 18.7. The lowest BCUT2D eigenvalue weighted by molar-refractivity contribution is 0.0835. The molecule has 2 N–H and O–H groups in total. The quantitative estimate of drug-likeness (QED) is 0.875. The number of carbonyl (C=O) groups excluding carboxylic acids is 1. The number of nitrogens with zero attached hydrogens (tertiary/aromatic N) is 2. The van der Waals surface area contributed by atoms with E-state index in [1.807, 2.05) is 6.07 Å². The molecule has 0 radical (unpaired) electrons. The summed E-state index contributed by atoms with van der Waals surface area (Å²) in [6.45, 7) is 0.183. The maximum absolute atomic E-state index is 13.5. The summed E-state index contributed by atoms with van der Waals surface area (Å²) >= 11 is 0. The molecule has 0 amide bonds. The second-order valence-electron chi connectivity index (χ2n) is 5.82. The predicted molar refractivity (Wildman–Crippen MR) is 82.6 cm³/mol. The van der Waals surface area contributed by atoms with E-state index in [2.05, 4.69) is 9.98 Å². The number of amidine groups is 1. The summed E-state index contributed by atoms with van der Waals surface area (Å²) in [5.41, 5.74) is 7.67. The largest absolute Gasteiger partial charge is 0.462 e. The van der Waals surface area contributed by atoms with Gasteiger partial charge < -0.3 is 10.5 Å². The van der Waals surface area contributed by atoms with Crippen molar-refractivity contribution in [1.29, 1.82) is 0 Å². The van der Waals surface area contributed by atoms with Crippen LogP contribution < -0.4 is 5.73 Å². The van der Waals surface area contributed by atoms with Crippen LogP contribution in [0.25, 0.3) is 11.1 Å². The molecule has 0 bridgehead atoms. The Morgan fingerprint density at radius 2 is 2.09 bits per heavy atom. The summed E-state index contributed by atoms with van der Waals surface area (Å²) in [5, 5.41) is 0. The lowest BCUT2D eigenvalue weighted by Gasteiger charge is -2.30.